The van der Waals surface area contributed by atoms with Gasteiger partial charge in [0.15, 0.2) is 0 Å². The Morgan fingerprint density at radius 1 is 1.00 bits per heavy atom. The van der Waals surface area contributed by atoms with Gasteiger partial charge in [-0.25, -0.2) is 4.39 Å². The molecule has 0 N–H and O–H groups in total. The van der Waals surface area contributed by atoms with Crippen molar-refractivity contribution in [1.29, 1.82) is 0 Å². The summed E-state index contributed by atoms with van der Waals surface area (Å²) in [6.45, 7) is 1.96. The first-order chi connectivity index (χ1) is 7.18. The van der Waals surface area contributed by atoms with E-state index >= 15 is 0 Å². The Balaban J connectivity index is 2.64. The number of aryl methyl sites for hydroxylation is 1. The van der Waals surface area contributed by atoms with E-state index in [-0.39, 0.29) is 5.82 Å². The van der Waals surface area contributed by atoms with Gasteiger partial charge in [-0.3, -0.25) is 0 Å². The van der Waals surface area contributed by atoms with Crippen molar-refractivity contribution in [2.24, 2.45) is 0 Å². The first-order valence-electron chi connectivity index (χ1n) is 4.69. The number of halogens is 2. The molecule has 0 atom stereocenters. The fourth-order valence-corrected chi connectivity index (χ4v) is 1.74. The van der Waals surface area contributed by atoms with Gasteiger partial charge in [-0.1, -0.05) is 41.4 Å². The van der Waals surface area contributed by atoms with Crippen LogP contribution in [0, 0.1) is 12.7 Å². The fraction of sp³-hybridized carbons (Fsp3) is 0.0769. The molecule has 2 rings (SSSR count). The Morgan fingerprint density at radius 2 is 1.73 bits per heavy atom. The highest BCUT2D eigenvalue weighted by atomic mass is 35.5. The Bertz CT molecular complexity index is 492. The van der Waals surface area contributed by atoms with E-state index in [1.54, 1.807) is 24.3 Å². The maximum absolute atomic E-state index is 13.5. The highest BCUT2D eigenvalue weighted by Crippen LogP contribution is 2.30. The fourth-order valence-electron chi connectivity index (χ4n) is 1.53. The molecule has 0 aromatic heterocycles. The average molecular weight is 221 g/mol. The lowest BCUT2D eigenvalue weighted by atomic mass is 10.0. The average Bonchev–Trinajstić information content (AvgIpc) is 2.23. The van der Waals surface area contributed by atoms with Crippen LogP contribution in [0.3, 0.4) is 0 Å². The summed E-state index contributed by atoms with van der Waals surface area (Å²) < 4.78 is 13.5. The molecule has 0 heterocycles. The van der Waals surface area contributed by atoms with E-state index in [2.05, 4.69) is 0 Å². The first-order valence-corrected chi connectivity index (χ1v) is 5.07. The van der Waals surface area contributed by atoms with E-state index in [0.29, 0.717) is 10.6 Å². The van der Waals surface area contributed by atoms with Crippen LogP contribution >= 0.6 is 11.6 Å². The summed E-state index contributed by atoms with van der Waals surface area (Å²) in [5.74, 6) is -0.245. The van der Waals surface area contributed by atoms with Gasteiger partial charge in [0.05, 0.1) is 0 Å². The summed E-state index contributed by atoms with van der Waals surface area (Å²) in [6.07, 6.45) is 0. The zero-order chi connectivity index (χ0) is 10.8. The molecule has 0 aliphatic rings. The second-order valence-corrected chi connectivity index (χ2v) is 3.87. The molecule has 2 aromatic carbocycles. The van der Waals surface area contributed by atoms with E-state index in [9.17, 15) is 4.39 Å². The lowest BCUT2D eigenvalue weighted by Gasteiger charge is -2.06. The minimum absolute atomic E-state index is 0.245. The number of rotatable bonds is 1. The summed E-state index contributed by atoms with van der Waals surface area (Å²) in [4.78, 5) is 0. The van der Waals surface area contributed by atoms with Crippen molar-refractivity contribution in [3.05, 3.63) is 58.9 Å². The van der Waals surface area contributed by atoms with Gasteiger partial charge >= 0.3 is 0 Å². The third kappa shape index (κ3) is 2.02. The molecule has 0 saturated carbocycles. The van der Waals surface area contributed by atoms with Crippen molar-refractivity contribution < 1.29 is 4.39 Å². The normalized spacial score (nSPS) is 10.3. The molecule has 0 radical (unpaired) electrons. The van der Waals surface area contributed by atoms with Crippen LogP contribution in [-0.4, -0.2) is 0 Å². The van der Waals surface area contributed by atoms with Crippen molar-refractivity contribution in [3.8, 4) is 11.1 Å². The zero-order valence-electron chi connectivity index (χ0n) is 8.30. The number of hydrogen-bond donors (Lipinski definition) is 0. The minimum Gasteiger partial charge on any atom is -0.206 e. The summed E-state index contributed by atoms with van der Waals surface area (Å²) >= 11 is 6.04. The molecule has 2 aromatic rings. The summed E-state index contributed by atoms with van der Waals surface area (Å²) in [5, 5.41) is 0.575. The van der Waals surface area contributed by atoms with Crippen molar-refractivity contribution in [2.75, 3.05) is 0 Å². The maximum Gasteiger partial charge on any atom is 0.131 e. The smallest absolute Gasteiger partial charge is 0.131 e. The van der Waals surface area contributed by atoms with E-state index in [0.717, 1.165) is 11.1 Å². The van der Waals surface area contributed by atoms with Gasteiger partial charge in [0.2, 0.25) is 0 Å². The maximum atomic E-state index is 13.5. The quantitative estimate of drug-likeness (QED) is 0.666. The van der Waals surface area contributed by atoms with Gasteiger partial charge in [-0.15, -0.1) is 0 Å². The van der Waals surface area contributed by atoms with Crippen LogP contribution in [0.5, 0.6) is 0 Å². The van der Waals surface area contributed by atoms with Crippen LogP contribution < -0.4 is 0 Å². The molecule has 0 unspecified atom stereocenters. The zero-order valence-corrected chi connectivity index (χ0v) is 9.05. The van der Waals surface area contributed by atoms with Gasteiger partial charge in [0.1, 0.15) is 5.82 Å². The van der Waals surface area contributed by atoms with Gasteiger partial charge < -0.3 is 0 Å². The molecule has 0 fully saturated rings. The molecule has 0 amide bonds. The minimum atomic E-state index is -0.245. The molecular weight excluding hydrogens is 211 g/mol. The number of hydrogen-bond acceptors (Lipinski definition) is 0. The van der Waals surface area contributed by atoms with E-state index in [4.69, 9.17) is 11.6 Å². The molecule has 0 nitrogen and oxygen atoms in total. The lowest BCUT2D eigenvalue weighted by Crippen LogP contribution is -1.85. The summed E-state index contributed by atoms with van der Waals surface area (Å²) in [5.41, 5.74) is 2.36. The van der Waals surface area contributed by atoms with E-state index in [1.165, 1.54) is 6.07 Å². The molecule has 0 bridgehead atoms. The third-order valence-electron chi connectivity index (χ3n) is 2.29. The van der Waals surface area contributed by atoms with Crippen LogP contribution in [0.4, 0.5) is 4.39 Å². The van der Waals surface area contributed by atoms with Crippen molar-refractivity contribution in [1.82, 2.24) is 0 Å². The Kier molecular flexibility index (Phi) is 2.74. The summed E-state index contributed by atoms with van der Waals surface area (Å²) in [6, 6.07) is 12.2. The second kappa shape index (κ2) is 4.03. The van der Waals surface area contributed by atoms with Gasteiger partial charge in [0, 0.05) is 16.1 Å². The largest absolute Gasteiger partial charge is 0.206 e. The monoisotopic (exact) mass is 220 g/mol. The van der Waals surface area contributed by atoms with Crippen LogP contribution in [0.25, 0.3) is 11.1 Å². The van der Waals surface area contributed by atoms with Crippen LogP contribution in [0.1, 0.15) is 5.56 Å². The van der Waals surface area contributed by atoms with Crippen LogP contribution in [-0.2, 0) is 0 Å². The molecule has 0 aliphatic carbocycles. The predicted octanol–water partition coefficient (Wildman–Crippen LogP) is 4.45. The van der Waals surface area contributed by atoms with Crippen LogP contribution in [0.15, 0.2) is 42.5 Å². The molecule has 76 valence electrons. The highest BCUT2D eigenvalue weighted by Gasteiger charge is 2.07. The molecule has 0 aliphatic heterocycles. The Labute approximate surface area is 93.3 Å². The highest BCUT2D eigenvalue weighted by molar-refractivity contribution is 6.33. The predicted molar refractivity (Wildman–Crippen MR) is 61.6 cm³/mol. The molecule has 0 saturated heterocycles. The Hall–Kier alpha value is -1.34. The van der Waals surface area contributed by atoms with E-state index < -0.39 is 0 Å². The lowest BCUT2D eigenvalue weighted by molar-refractivity contribution is 0.631. The van der Waals surface area contributed by atoms with Crippen molar-refractivity contribution in [3.63, 3.8) is 0 Å². The molecule has 0 spiro atoms. The second-order valence-electron chi connectivity index (χ2n) is 3.46. The standard InChI is InChI=1S/C13H10ClF/c1-9-6-7-12(14)11(8-9)10-4-2-3-5-13(10)15/h2-8H,1H3. The van der Waals surface area contributed by atoms with E-state index in [1.807, 2.05) is 19.1 Å². The molecular formula is C13H10ClF. The third-order valence-corrected chi connectivity index (χ3v) is 2.62. The van der Waals surface area contributed by atoms with Crippen molar-refractivity contribution in [2.45, 2.75) is 6.92 Å². The molecule has 15 heavy (non-hydrogen) atoms. The van der Waals surface area contributed by atoms with Gasteiger partial charge in [0.25, 0.3) is 0 Å². The molecule has 2 heteroatoms. The van der Waals surface area contributed by atoms with Gasteiger partial charge in [-0.05, 0) is 25.1 Å². The SMILES string of the molecule is Cc1ccc(Cl)c(-c2ccccc2F)c1. The number of benzene rings is 2. The Morgan fingerprint density at radius 3 is 2.47 bits per heavy atom. The van der Waals surface area contributed by atoms with Crippen molar-refractivity contribution >= 4 is 11.6 Å². The van der Waals surface area contributed by atoms with Gasteiger partial charge in [-0.2, -0.15) is 0 Å². The summed E-state index contributed by atoms with van der Waals surface area (Å²) in [7, 11) is 0. The topological polar surface area (TPSA) is 0 Å². The van der Waals surface area contributed by atoms with Crippen LogP contribution in [0.2, 0.25) is 5.02 Å². The first kappa shape index (κ1) is 10.2.